The van der Waals surface area contributed by atoms with Crippen LogP contribution in [0.25, 0.3) is 10.8 Å². The Bertz CT molecular complexity index is 659. The zero-order valence-electron chi connectivity index (χ0n) is 10.8. The molecule has 94 valence electrons. The molecule has 0 N–H and O–H groups in total. The number of rotatable bonds is 4. The lowest BCUT2D eigenvalue weighted by Gasteiger charge is -2.04. The fourth-order valence-corrected chi connectivity index (χ4v) is 3.14. The molecule has 0 heterocycles. The van der Waals surface area contributed by atoms with E-state index in [1.165, 1.54) is 21.9 Å². The molecule has 0 saturated carbocycles. The van der Waals surface area contributed by atoms with Crippen molar-refractivity contribution < 1.29 is 0 Å². The van der Waals surface area contributed by atoms with E-state index in [2.05, 4.69) is 72.8 Å². The standard InChI is InChI=1S/C18H16S/c1-2-6-15(7-3-1)13-19-14-16-10-11-17-8-4-5-9-18(17)12-16/h1-12H,13-14H2. The van der Waals surface area contributed by atoms with Gasteiger partial charge in [0.15, 0.2) is 0 Å². The summed E-state index contributed by atoms with van der Waals surface area (Å²) in [5, 5.41) is 2.65. The summed E-state index contributed by atoms with van der Waals surface area (Å²) < 4.78 is 0. The number of benzene rings is 3. The molecule has 0 aliphatic heterocycles. The molecule has 0 aromatic heterocycles. The van der Waals surface area contributed by atoms with Crippen LogP contribution in [0.15, 0.2) is 72.8 Å². The lowest BCUT2D eigenvalue weighted by molar-refractivity contribution is 1.37. The third-order valence-corrected chi connectivity index (χ3v) is 4.27. The van der Waals surface area contributed by atoms with Gasteiger partial charge in [0.25, 0.3) is 0 Å². The molecule has 0 aliphatic rings. The highest BCUT2D eigenvalue weighted by Gasteiger charge is 1.97. The largest absolute Gasteiger partial charge is 0.152 e. The van der Waals surface area contributed by atoms with E-state index in [0.717, 1.165) is 11.5 Å². The van der Waals surface area contributed by atoms with Gasteiger partial charge in [-0.15, -0.1) is 0 Å². The van der Waals surface area contributed by atoms with Gasteiger partial charge in [-0.1, -0.05) is 72.8 Å². The third kappa shape index (κ3) is 3.18. The highest BCUT2D eigenvalue weighted by Crippen LogP contribution is 2.21. The predicted octanol–water partition coefficient (Wildman–Crippen LogP) is 5.27. The maximum Gasteiger partial charge on any atom is 0.0188 e. The Balaban J connectivity index is 1.65. The van der Waals surface area contributed by atoms with Crippen molar-refractivity contribution in [3.63, 3.8) is 0 Å². The van der Waals surface area contributed by atoms with Crippen molar-refractivity contribution in [2.75, 3.05) is 0 Å². The normalized spacial score (nSPS) is 10.7. The van der Waals surface area contributed by atoms with Crippen molar-refractivity contribution in [2.45, 2.75) is 11.5 Å². The van der Waals surface area contributed by atoms with Crippen LogP contribution in [0.1, 0.15) is 11.1 Å². The van der Waals surface area contributed by atoms with Gasteiger partial charge in [-0.3, -0.25) is 0 Å². The Morgan fingerprint density at radius 2 is 1.26 bits per heavy atom. The van der Waals surface area contributed by atoms with E-state index < -0.39 is 0 Å². The van der Waals surface area contributed by atoms with Crippen LogP contribution in [0.3, 0.4) is 0 Å². The molecule has 0 bridgehead atoms. The molecule has 3 aromatic rings. The molecule has 1 heteroatoms. The lowest BCUT2D eigenvalue weighted by atomic mass is 10.1. The molecular weight excluding hydrogens is 248 g/mol. The molecule has 3 aromatic carbocycles. The van der Waals surface area contributed by atoms with Crippen molar-refractivity contribution in [3.8, 4) is 0 Å². The summed E-state index contributed by atoms with van der Waals surface area (Å²) in [6.45, 7) is 0. The third-order valence-electron chi connectivity index (χ3n) is 3.19. The lowest BCUT2D eigenvalue weighted by Crippen LogP contribution is -1.84. The quantitative estimate of drug-likeness (QED) is 0.618. The van der Waals surface area contributed by atoms with E-state index in [4.69, 9.17) is 0 Å². The van der Waals surface area contributed by atoms with Crippen LogP contribution < -0.4 is 0 Å². The van der Waals surface area contributed by atoms with Crippen molar-refractivity contribution in [2.24, 2.45) is 0 Å². The van der Waals surface area contributed by atoms with Crippen molar-refractivity contribution in [1.82, 2.24) is 0 Å². The minimum absolute atomic E-state index is 1.07. The summed E-state index contributed by atoms with van der Waals surface area (Å²) in [5.74, 6) is 2.15. The molecule has 0 aliphatic carbocycles. The van der Waals surface area contributed by atoms with Crippen molar-refractivity contribution in [3.05, 3.63) is 83.9 Å². The zero-order valence-corrected chi connectivity index (χ0v) is 11.6. The maximum absolute atomic E-state index is 2.30. The van der Waals surface area contributed by atoms with Crippen LogP contribution in [-0.4, -0.2) is 0 Å². The van der Waals surface area contributed by atoms with E-state index in [0.29, 0.717) is 0 Å². The van der Waals surface area contributed by atoms with Crippen molar-refractivity contribution >= 4 is 22.5 Å². The molecule has 0 fully saturated rings. The van der Waals surface area contributed by atoms with Crippen LogP contribution >= 0.6 is 11.8 Å². The van der Waals surface area contributed by atoms with Crippen LogP contribution in [0, 0.1) is 0 Å². The summed E-state index contributed by atoms with van der Waals surface area (Å²) in [7, 11) is 0. The summed E-state index contributed by atoms with van der Waals surface area (Å²) in [4.78, 5) is 0. The van der Waals surface area contributed by atoms with E-state index in [1.54, 1.807) is 0 Å². The molecule has 0 spiro atoms. The first-order chi connectivity index (χ1) is 9.42. The Labute approximate surface area is 118 Å². The SMILES string of the molecule is c1ccc(CSCc2ccc3ccccc3c2)cc1. The van der Waals surface area contributed by atoms with Crippen LogP contribution in [-0.2, 0) is 11.5 Å². The summed E-state index contributed by atoms with van der Waals surface area (Å²) >= 11 is 1.97. The van der Waals surface area contributed by atoms with Gasteiger partial charge in [0, 0.05) is 11.5 Å². The molecule has 0 amide bonds. The summed E-state index contributed by atoms with van der Waals surface area (Å²) in [6.07, 6.45) is 0. The van der Waals surface area contributed by atoms with E-state index >= 15 is 0 Å². The first-order valence-electron chi connectivity index (χ1n) is 6.51. The van der Waals surface area contributed by atoms with Gasteiger partial charge in [0.1, 0.15) is 0 Å². The van der Waals surface area contributed by atoms with Crippen LogP contribution in [0.4, 0.5) is 0 Å². The average Bonchev–Trinajstić information content (AvgIpc) is 2.48. The second-order valence-electron chi connectivity index (χ2n) is 4.66. The van der Waals surface area contributed by atoms with Gasteiger partial charge in [-0.05, 0) is 21.9 Å². The van der Waals surface area contributed by atoms with Crippen LogP contribution in [0.5, 0.6) is 0 Å². The minimum Gasteiger partial charge on any atom is -0.152 e. The number of fused-ring (bicyclic) bond motifs is 1. The molecule has 0 unspecified atom stereocenters. The van der Waals surface area contributed by atoms with Gasteiger partial charge in [-0.25, -0.2) is 0 Å². The molecule has 0 atom stereocenters. The molecule has 3 rings (SSSR count). The molecule has 0 radical (unpaired) electrons. The van der Waals surface area contributed by atoms with Gasteiger partial charge < -0.3 is 0 Å². The highest BCUT2D eigenvalue weighted by atomic mass is 32.2. The Kier molecular flexibility index (Phi) is 3.85. The first-order valence-corrected chi connectivity index (χ1v) is 7.67. The number of thioether (sulfide) groups is 1. The highest BCUT2D eigenvalue weighted by molar-refractivity contribution is 7.97. The predicted molar refractivity (Wildman–Crippen MR) is 85.4 cm³/mol. The van der Waals surface area contributed by atoms with E-state index in [1.807, 2.05) is 11.8 Å². The Hall–Kier alpha value is -1.73. The van der Waals surface area contributed by atoms with Gasteiger partial charge in [-0.2, -0.15) is 11.8 Å². The minimum atomic E-state index is 1.07. The van der Waals surface area contributed by atoms with Gasteiger partial charge in [0.2, 0.25) is 0 Å². The molecular formula is C18H16S. The molecule has 19 heavy (non-hydrogen) atoms. The Morgan fingerprint density at radius 3 is 2.11 bits per heavy atom. The van der Waals surface area contributed by atoms with Gasteiger partial charge >= 0.3 is 0 Å². The van der Waals surface area contributed by atoms with Crippen LogP contribution in [0.2, 0.25) is 0 Å². The first kappa shape index (κ1) is 12.3. The fraction of sp³-hybridized carbons (Fsp3) is 0.111. The molecule has 0 nitrogen and oxygen atoms in total. The summed E-state index contributed by atoms with van der Waals surface area (Å²) in [5.41, 5.74) is 2.80. The Morgan fingerprint density at radius 1 is 0.579 bits per heavy atom. The smallest absolute Gasteiger partial charge is 0.0188 e. The zero-order chi connectivity index (χ0) is 12.9. The second-order valence-corrected chi connectivity index (χ2v) is 5.65. The van der Waals surface area contributed by atoms with Crippen molar-refractivity contribution in [1.29, 1.82) is 0 Å². The number of hydrogen-bond donors (Lipinski definition) is 0. The topological polar surface area (TPSA) is 0 Å². The maximum atomic E-state index is 2.30. The van der Waals surface area contributed by atoms with E-state index in [-0.39, 0.29) is 0 Å². The molecule has 0 saturated heterocycles. The van der Waals surface area contributed by atoms with E-state index in [9.17, 15) is 0 Å². The fourth-order valence-electron chi connectivity index (χ4n) is 2.19. The average molecular weight is 264 g/mol. The number of hydrogen-bond acceptors (Lipinski definition) is 1. The second kappa shape index (κ2) is 5.94. The monoisotopic (exact) mass is 264 g/mol. The summed E-state index contributed by atoms with van der Waals surface area (Å²) in [6, 6.07) is 25.9. The van der Waals surface area contributed by atoms with Gasteiger partial charge in [0.05, 0.1) is 0 Å².